The molecule has 0 aromatic heterocycles. The van der Waals surface area contributed by atoms with Gasteiger partial charge in [-0.2, -0.15) is 0 Å². The van der Waals surface area contributed by atoms with E-state index in [-0.39, 0.29) is 6.79 Å². The Kier molecular flexibility index (Phi) is 7.84. The Labute approximate surface area is 152 Å². The van der Waals surface area contributed by atoms with Crippen molar-refractivity contribution in [2.24, 2.45) is 5.92 Å². The molecule has 2 rings (SSSR count). The number of fused-ring (bicyclic) bond motifs is 1. The highest BCUT2D eigenvalue weighted by Crippen LogP contribution is 2.33. The highest BCUT2D eigenvalue weighted by molar-refractivity contribution is 5.70. The van der Waals surface area contributed by atoms with Crippen molar-refractivity contribution in [2.75, 3.05) is 25.0 Å². The largest absolute Gasteiger partial charge is 0.465 e. The van der Waals surface area contributed by atoms with Gasteiger partial charge in [-0.05, 0) is 42.5 Å². The van der Waals surface area contributed by atoms with Crippen LogP contribution >= 0.6 is 0 Å². The summed E-state index contributed by atoms with van der Waals surface area (Å²) < 4.78 is 11.3. The predicted octanol–water partition coefficient (Wildman–Crippen LogP) is 5.78. The van der Waals surface area contributed by atoms with Gasteiger partial charge in [0, 0.05) is 6.54 Å². The lowest BCUT2D eigenvalue weighted by molar-refractivity contribution is 0.0251. The van der Waals surface area contributed by atoms with Crippen molar-refractivity contribution in [2.45, 2.75) is 46.5 Å². The minimum Gasteiger partial charge on any atom is -0.465 e. The molecule has 3 nitrogen and oxygen atoms in total. The molecule has 1 heterocycles. The van der Waals surface area contributed by atoms with Crippen molar-refractivity contribution >= 4 is 11.3 Å². The number of allylic oxidation sites excluding steroid dienone is 2. The first-order chi connectivity index (χ1) is 12.2. The van der Waals surface area contributed by atoms with Gasteiger partial charge < -0.3 is 14.4 Å². The van der Waals surface area contributed by atoms with Crippen LogP contribution in [-0.4, -0.2) is 20.1 Å². The number of hydrogen-bond donors (Lipinski definition) is 0. The number of benzene rings is 1. The van der Waals surface area contributed by atoms with E-state index in [1.807, 2.05) is 13.0 Å². The second-order valence-electron chi connectivity index (χ2n) is 6.57. The van der Waals surface area contributed by atoms with Crippen molar-refractivity contribution in [1.29, 1.82) is 0 Å². The zero-order chi connectivity index (χ0) is 18.1. The van der Waals surface area contributed by atoms with Gasteiger partial charge in [0.1, 0.15) is 12.5 Å². The monoisotopic (exact) mass is 341 g/mol. The van der Waals surface area contributed by atoms with Crippen LogP contribution in [-0.2, 0) is 4.74 Å². The molecule has 1 atom stereocenters. The summed E-state index contributed by atoms with van der Waals surface area (Å²) in [6.45, 7) is 11.9. The molecular weight excluding hydrogens is 310 g/mol. The van der Waals surface area contributed by atoms with Crippen LogP contribution in [0.25, 0.3) is 5.57 Å². The fraction of sp³-hybridized carbons (Fsp3) is 0.500. The lowest BCUT2D eigenvalue weighted by Gasteiger charge is -2.21. The molecule has 0 aliphatic carbocycles. The lowest BCUT2D eigenvalue weighted by atomic mass is 9.97. The number of ether oxygens (including phenoxy) is 2. The van der Waals surface area contributed by atoms with E-state index >= 15 is 0 Å². The van der Waals surface area contributed by atoms with E-state index in [1.165, 1.54) is 19.3 Å². The first-order valence-electron chi connectivity index (χ1n) is 9.31. The minimum atomic E-state index is 0.280. The van der Waals surface area contributed by atoms with Gasteiger partial charge >= 0.3 is 0 Å². The van der Waals surface area contributed by atoms with Crippen molar-refractivity contribution < 1.29 is 9.47 Å². The molecular formula is C22H31NO2. The van der Waals surface area contributed by atoms with Crippen LogP contribution in [0.5, 0.6) is 5.75 Å². The van der Waals surface area contributed by atoms with Crippen LogP contribution in [0.3, 0.4) is 0 Å². The average Bonchev–Trinajstić information content (AvgIpc) is 2.85. The third kappa shape index (κ3) is 5.52. The Morgan fingerprint density at radius 1 is 1.36 bits per heavy atom. The maximum atomic E-state index is 5.76. The number of anilines is 1. The van der Waals surface area contributed by atoms with E-state index in [0.29, 0.717) is 6.73 Å². The van der Waals surface area contributed by atoms with Crippen molar-refractivity contribution in [3.63, 3.8) is 0 Å². The molecule has 1 aliphatic heterocycles. The molecule has 1 aromatic rings. The SMILES string of the molecule is C=C=C(C)c1ccc2c(c1)OCOCN2C/C=C/CC(CC)CCC. The van der Waals surface area contributed by atoms with Gasteiger partial charge in [-0.25, -0.2) is 0 Å². The standard InChI is InChI=1S/C22H31NO2/c1-5-10-19(7-3)11-8-9-14-23-16-24-17-25-22-15-20(18(4)6-2)12-13-21(22)23/h8-9,12-13,15,19H,2,5,7,10-11,14,16-17H2,1,3-4H3/b9-8+. The summed E-state index contributed by atoms with van der Waals surface area (Å²) in [5, 5.41) is 0. The summed E-state index contributed by atoms with van der Waals surface area (Å²) in [5.74, 6) is 1.66. The molecule has 0 radical (unpaired) electrons. The molecule has 1 aliphatic rings. The molecule has 0 spiro atoms. The minimum absolute atomic E-state index is 0.280. The Morgan fingerprint density at radius 3 is 2.92 bits per heavy atom. The van der Waals surface area contributed by atoms with Crippen molar-refractivity contribution in [3.8, 4) is 5.75 Å². The smallest absolute Gasteiger partial charge is 0.191 e. The second-order valence-corrected chi connectivity index (χ2v) is 6.57. The molecule has 25 heavy (non-hydrogen) atoms. The molecule has 0 saturated heterocycles. The normalized spacial score (nSPS) is 15.2. The molecule has 3 heteroatoms. The van der Waals surface area contributed by atoms with Crippen molar-refractivity contribution in [3.05, 3.63) is 48.2 Å². The van der Waals surface area contributed by atoms with Crippen LogP contribution in [0.15, 0.2) is 42.7 Å². The van der Waals surface area contributed by atoms with E-state index in [0.717, 1.165) is 41.5 Å². The van der Waals surface area contributed by atoms with Gasteiger partial charge in [-0.3, -0.25) is 0 Å². The first kappa shape index (κ1) is 19.4. The number of nitrogens with zero attached hydrogens (tertiary/aromatic N) is 1. The van der Waals surface area contributed by atoms with Gasteiger partial charge in [-0.1, -0.05) is 57.9 Å². The van der Waals surface area contributed by atoms with E-state index in [4.69, 9.17) is 9.47 Å². The van der Waals surface area contributed by atoms with Crippen LogP contribution in [0, 0.1) is 5.92 Å². The third-order valence-corrected chi connectivity index (χ3v) is 4.78. The van der Waals surface area contributed by atoms with Gasteiger partial charge in [0.05, 0.1) is 5.69 Å². The summed E-state index contributed by atoms with van der Waals surface area (Å²) in [7, 11) is 0. The van der Waals surface area contributed by atoms with Gasteiger partial charge in [0.15, 0.2) is 6.79 Å². The summed E-state index contributed by atoms with van der Waals surface area (Å²) in [6, 6.07) is 6.23. The van der Waals surface area contributed by atoms with Gasteiger partial charge in [-0.15, -0.1) is 5.73 Å². The lowest BCUT2D eigenvalue weighted by Crippen LogP contribution is -2.25. The van der Waals surface area contributed by atoms with E-state index in [9.17, 15) is 0 Å². The third-order valence-electron chi connectivity index (χ3n) is 4.78. The average molecular weight is 341 g/mol. The summed E-state index contributed by atoms with van der Waals surface area (Å²) in [4.78, 5) is 2.20. The zero-order valence-corrected chi connectivity index (χ0v) is 15.9. The topological polar surface area (TPSA) is 21.7 Å². The Bertz CT molecular complexity index is 629. The quantitative estimate of drug-likeness (QED) is 0.442. The van der Waals surface area contributed by atoms with Gasteiger partial charge in [0.25, 0.3) is 0 Å². The molecule has 0 bridgehead atoms. The van der Waals surface area contributed by atoms with Crippen molar-refractivity contribution in [1.82, 2.24) is 0 Å². The predicted molar refractivity (Wildman–Crippen MR) is 106 cm³/mol. The molecule has 1 aromatic carbocycles. The second kappa shape index (κ2) is 10.1. The fourth-order valence-corrected chi connectivity index (χ4v) is 3.09. The van der Waals surface area contributed by atoms with Gasteiger partial charge in [0.2, 0.25) is 0 Å². The van der Waals surface area contributed by atoms with E-state index < -0.39 is 0 Å². The number of rotatable bonds is 8. The summed E-state index contributed by atoms with van der Waals surface area (Å²) in [6.07, 6.45) is 9.54. The molecule has 0 saturated carbocycles. The highest BCUT2D eigenvalue weighted by atomic mass is 16.7. The Balaban J connectivity index is 2.06. The Hall–Kier alpha value is -1.96. The molecule has 0 amide bonds. The maximum absolute atomic E-state index is 5.76. The number of hydrogen-bond acceptors (Lipinski definition) is 3. The zero-order valence-electron chi connectivity index (χ0n) is 15.9. The maximum Gasteiger partial charge on any atom is 0.191 e. The highest BCUT2D eigenvalue weighted by Gasteiger charge is 2.16. The Morgan fingerprint density at radius 2 is 2.20 bits per heavy atom. The van der Waals surface area contributed by atoms with E-state index in [2.05, 4.69) is 55.3 Å². The molecule has 136 valence electrons. The molecule has 1 unspecified atom stereocenters. The van der Waals surface area contributed by atoms with Crippen LogP contribution in [0.2, 0.25) is 0 Å². The van der Waals surface area contributed by atoms with E-state index in [1.54, 1.807) is 0 Å². The van der Waals surface area contributed by atoms with Crippen LogP contribution in [0.1, 0.15) is 52.0 Å². The molecule has 0 N–H and O–H groups in total. The summed E-state index contributed by atoms with van der Waals surface area (Å²) >= 11 is 0. The van der Waals surface area contributed by atoms with Crippen LogP contribution in [0.4, 0.5) is 5.69 Å². The first-order valence-corrected chi connectivity index (χ1v) is 9.31. The summed E-state index contributed by atoms with van der Waals surface area (Å²) in [5.41, 5.74) is 6.11. The molecule has 0 fully saturated rings. The van der Waals surface area contributed by atoms with Crippen LogP contribution < -0.4 is 9.64 Å². The fourth-order valence-electron chi connectivity index (χ4n) is 3.09.